The first kappa shape index (κ1) is 12.7. The van der Waals surface area contributed by atoms with E-state index in [1.807, 2.05) is 0 Å². The van der Waals surface area contributed by atoms with Crippen LogP contribution < -0.4 is 5.32 Å². The fourth-order valence-corrected chi connectivity index (χ4v) is 3.44. The lowest BCUT2D eigenvalue weighted by Gasteiger charge is -2.35. The Morgan fingerprint density at radius 1 is 1.05 bits per heavy atom. The number of hydrogen-bond donors (Lipinski definition) is 1. The van der Waals surface area contributed by atoms with Crippen molar-refractivity contribution in [2.75, 3.05) is 13.1 Å². The Balaban J connectivity index is 1.97. The zero-order chi connectivity index (χ0) is 13.2. The van der Waals surface area contributed by atoms with E-state index in [4.69, 9.17) is 0 Å². The number of fused-ring (bicyclic) bond motifs is 1. The third-order valence-corrected chi connectivity index (χ3v) is 4.59. The molecule has 1 saturated heterocycles. The molecule has 0 radical (unpaired) electrons. The van der Waals surface area contributed by atoms with Crippen LogP contribution in [0, 0.1) is 11.8 Å². The number of rotatable bonds is 2. The summed E-state index contributed by atoms with van der Waals surface area (Å²) in [5, 5.41) is 6.28. The largest absolute Gasteiger partial charge is 0.316 e. The quantitative estimate of drug-likeness (QED) is 0.846. The van der Waals surface area contributed by atoms with E-state index in [0.29, 0.717) is 5.92 Å². The fourth-order valence-electron chi connectivity index (χ4n) is 3.44. The maximum absolute atomic E-state index is 3.55. The van der Waals surface area contributed by atoms with Gasteiger partial charge in [0.05, 0.1) is 0 Å². The summed E-state index contributed by atoms with van der Waals surface area (Å²) in [5.41, 5.74) is 1.53. The van der Waals surface area contributed by atoms with Gasteiger partial charge in [0, 0.05) is 0 Å². The van der Waals surface area contributed by atoms with Crippen molar-refractivity contribution in [3.63, 3.8) is 0 Å². The van der Waals surface area contributed by atoms with Crippen molar-refractivity contribution in [1.82, 2.24) is 5.32 Å². The summed E-state index contributed by atoms with van der Waals surface area (Å²) in [6.45, 7) is 7.02. The number of benzene rings is 2. The van der Waals surface area contributed by atoms with Crippen LogP contribution in [0.15, 0.2) is 42.5 Å². The molecule has 1 aliphatic rings. The maximum Gasteiger partial charge on any atom is -0.00122 e. The van der Waals surface area contributed by atoms with Crippen LogP contribution in [0.4, 0.5) is 0 Å². The second kappa shape index (κ2) is 5.34. The van der Waals surface area contributed by atoms with Crippen LogP contribution >= 0.6 is 0 Å². The van der Waals surface area contributed by atoms with Gasteiger partial charge in [0.1, 0.15) is 0 Å². The summed E-state index contributed by atoms with van der Waals surface area (Å²) in [6, 6.07) is 15.7. The minimum Gasteiger partial charge on any atom is -0.316 e. The highest BCUT2D eigenvalue weighted by Gasteiger charge is 2.28. The van der Waals surface area contributed by atoms with Gasteiger partial charge in [-0.1, -0.05) is 56.3 Å². The molecule has 1 fully saturated rings. The van der Waals surface area contributed by atoms with Crippen LogP contribution in [0.2, 0.25) is 0 Å². The standard InChI is InChI=1S/C18H23N/c1-13(2)18-12-19-10-9-17(18)16-8-7-14-5-3-4-6-15(14)11-16/h3-8,11,13,17-19H,9-10,12H2,1-2H3. The topological polar surface area (TPSA) is 12.0 Å². The van der Waals surface area contributed by atoms with E-state index in [2.05, 4.69) is 61.6 Å². The maximum atomic E-state index is 3.55. The lowest BCUT2D eigenvalue weighted by atomic mass is 9.75. The Morgan fingerprint density at radius 3 is 2.63 bits per heavy atom. The monoisotopic (exact) mass is 253 g/mol. The molecule has 2 atom stereocenters. The van der Waals surface area contributed by atoms with Crippen LogP contribution in [0.25, 0.3) is 10.8 Å². The van der Waals surface area contributed by atoms with E-state index in [9.17, 15) is 0 Å². The number of hydrogen-bond acceptors (Lipinski definition) is 1. The molecule has 3 rings (SSSR count). The fraction of sp³-hybridized carbons (Fsp3) is 0.444. The molecule has 2 aromatic rings. The van der Waals surface area contributed by atoms with Crippen LogP contribution in [-0.2, 0) is 0 Å². The molecule has 2 unspecified atom stereocenters. The van der Waals surface area contributed by atoms with Crippen LogP contribution in [-0.4, -0.2) is 13.1 Å². The van der Waals surface area contributed by atoms with Gasteiger partial charge < -0.3 is 5.32 Å². The molecule has 0 amide bonds. The summed E-state index contributed by atoms with van der Waals surface area (Å²) >= 11 is 0. The first-order valence-electron chi connectivity index (χ1n) is 7.45. The molecule has 19 heavy (non-hydrogen) atoms. The molecular weight excluding hydrogens is 230 g/mol. The van der Waals surface area contributed by atoms with Crippen LogP contribution in [0.1, 0.15) is 31.7 Å². The minimum absolute atomic E-state index is 0.714. The zero-order valence-corrected chi connectivity index (χ0v) is 11.9. The van der Waals surface area contributed by atoms with E-state index in [0.717, 1.165) is 24.9 Å². The Bertz CT molecular complexity index is 558. The van der Waals surface area contributed by atoms with Gasteiger partial charge in [-0.15, -0.1) is 0 Å². The molecule has 0 spiro atoms. The molecule has 1 heteroatoms. The molecular formula is C18H23N. The van der Waals surface area contributed by atoms with Gasteiger partial charge in [-0.3, -0.25) is 0 Å². The average molecular weight is 253 g/mol. The van der Waals surface area contributed by atoms with Crippen molar-refractivity contribution in [3.8, 4) is 0 Å². The SMILES string of the molecule is CC(C)C1CNCCC1c1ccc2ccccc2c1. The summed E-state index contributed by atoms with van der Waals surface area (Å²) in [4.78, 5) is 0. The second-order valence-corrected chi connectivity index (χ2v) is 6.11. The van der Waals surface area contributed by atoms with E-state index in [1.54, 1.807) is 0 Å². The van der Waals surface area contributed by atoms with Crippen molar-refractivity contribution in [2.24, 2.45) is 11.8 Å². The first-order chi connectivity index (χ1) is 9.25. The molecule has 1 aliphatic heterocycles. The lowest BCUT2D eigenvalue weighted by Crippen LogP contribution is -2.38. The molecule has 100 valence electrons. The predicted octanol–water partition coefficient (Wildman–Crippen LogP) is 4.19. The van der Waals surface area contributed by atoms with E-state index in [-0.39, 0.29) is 0 Å². The highest BCUT2D eigenvalue weighted by Crippen LogP contribution is 2.35. The molecule has 1 nitrogen and oxygen atoms in total. The van der Waals surface area contributed by atoms with Gasteiger partial charge >= 0.3 is 0 Å². The van der Waals surface area contributed by atoms with E-state index < -0.39 is 0 Å². The molecule has 0 aliphatic carbocycles. The van der Waals surface area contributed by atoms with E-state index >= 15 is 0 Å². The number of nitrogens with one attached hydrogen (secondary N) is 1. The Morgan fingerprint density at radius 2 is 1.84 bits per heavy atom. The van der Waals surface area contributed by atoms with Crippen LogP contribution in [0.3, 0.4) is 0 Å². The molecule has 1 heterocycles. The van der Waals surface area contributed by atoms with Gasteiger partial charge in [-0.2, -0.15) is 0 Å². The van der Waals surface area contributed by atoms with Gasteiger partial charge in [-0.25, -0.2) is 0 Å². The zero-order valence-electron chi connectivity index (χ0n) is 11.9. The van der Waals surface area contributed by atoms with Crippen molar-refractivity contribution in [2.45, 2.75) is 26.2 Å². The summed E-state index contributed by atoms with van der Waals surface area (Å²) in [5.74, 6) is 2.21. The first-order valence-corrected chi connectivity index (χ1v) is 7.45. The van der Waals surface area contributed by atoms with Crippen molar-refractivity contribution < 1.29 is 0 Å². The summed E-state index contributed by atoms with van der Waals surface area (Å²) in [7, 11) is 0. The third-order valence-electron chi connectivity index (χ3n) is 4.59. The highest BCUT2D eigenvalue weighted by atomic mass is 14.9. The summed E-state index contributed by atoms with van der Waals surface area (Å²) < 4.78 is 0. The highest BCUT2D eigenvalue weighted by molar-refractivity contribution is 5.83. The van der Waals surface area contributed by atoms with Crippen LogP contribution in [0.5, 0.6) is 0 Å². The van der Waals surface area contributed by atoms with Gasteiger partial charge in [0.15, 0.2) is 0 Å². The van der Waals surface area contributed by atoms with Crippen molar-refractivity contribution in [3.05, 3.63) is 48.0 Å². The van der Waals surface area contributed by atoms with Gasteiger partial charge in [-0.05, 0) is 53.6 Å². The average Bonchev–Trinajstić information content (AvgIpc) is 2.46. The molecule has 0 bridgehead atoms. The Hall–Kier alpha value is -1.34. The predicted molar refractivity (Wildman–Crippen MR) is 82.5 cm³/mol. The second-order valence-electron chi connectivity index (χ2n) is 6.11. The minimum atomic E-state index is 0.714. The molecule has 0 saturated carbocycles. The van der Waals surface area contributed by atoms with Crippen molar-refractivity contribution in [1.29, 1.82) is 0 Å². The third kappa shape index (κ3) is 2.52. The van der Waals surface area contributed by atoms with E-state index in [1.165, 1.54) is 22.8 Å². The van der Waals surface area contributed by atoms with Gasteiger partial charge in [0.25, 0.3) is 0 Å². The molecule has 2 aromatic carbocycles. The normalized spacial score (nSPS) is 23.9. The number of piperidine rings is 1. The van der Waals surface area contributed by atoms with Crippen molar-refractivity contribution >= 4 is 10.8 Å². The smallest absolute Gasteiger partial charge is 0.00122 e. The Labute approximate surface area is 116 Å². The van der Waals surface area contributed by atoms with Gasteiger partial charge in [0.2, 0.25) is 0 Å². The Kier molecular flexibility index (Phi) is 3.56. The summed E-state index contributed by atoms with van der Waals surface area (Å²) in [6.07, 6.45) is 1.27. The molecule has 1 N–H and O–H groups in total. The molecule has 0 aromatic heterocycles. The lowest BCUT2D eigenvalue weighted by molar-refractivity contribution is 0.255.